The minimum absolute atomic E-state index is 0.104. The zero-order valence-corrected chi connectivity index (χ0v) is 25.5. The van der Waals surface area contributed by atoms with Crippen LogP contribution in [-0.2, 0) is 26.3 Å². The number of benzene rings is 3. The molecule has 230 valence electrons. The lowest BCUT2D eigenvalue weighted by Crippen LogP contribution is -2.52. The molecule has 1 atom stereocenters. The van der Waals surface area contributed by atoms with Crippen molar-refractivity contribution in [2.24, 2.45) is 0 Å². The van der Waals surface area contributed by atoms with Crippen LogP contribution in [0.2, 0.25) is 0 Å². The first-order chi connectivity index (χ1) is 21.2. The highest BCUT2D eigenvalue weighted by molar-refractivity contribution is 5.78. The van der Waals surface area contributed by atoms with Gasteiger partial charge in [-0.3, -0.25) is 4.79 Å². The van der Waals surface area contributed by atoms with Gasteiger partial charge in [0.2, 0.25) is 12.0 Å². The highest BCUT2D eigenvalue weighted by Gasteiger charge is 2.50. The van der Waals surface area contributed by atoms with Gasteiger partial charge in [0.15, 0.2) is 17.1 Å². The molecule has 1 N–H and O–H groups in total. The number of hydrogen-bond donors (Lipinski definition) is 1. The van der Waals surface area contributed by atoms with E-state index in [1.165, 1.54) is 0 Å². The Morgan fingerprint density at radius 3 is 1.93 bits per heavy atom. The van der Waals surface area contributed by atoms with Crippen molar-refractivity contribution < 1.29 is 33.6 Å². The van der Waals surface area contributed by atoms with E-state index in [9.17, 15) is 14.7 Å². The maximum atomic E-state index is 13.5. The summed E-state index contributed by atoms with van der Waals surface area (Å²) < 4.78 is 23.2. The summed E-state index contributed by atoms with van der Waals surface area (Å²) in [7, 11) is 4.82. The van der Waals surface area contributed by atoms with E-state index >= 15 is 0 Å². The number of aliphatic carboxylic acids is 1. The van der Waals surface area contributed by atoms with Crippen LogP contribution < -0.4 is 14.2 Å². The van der Waals surface area contributed by atoms with Gasteiger partial charge in [-0.1, -0.05) is 66.7 Å². The van der Waals surface area contributed by atoms with Gasteiger partial charge in [0.25, 0.3) is 0 Å². The summed E-state index contributed by atoms with van der Waals surface area (Å²) in [6.45, 7) is 3.50. The third kappa shape index (κ3) is 7.33. The lowest BCUT2D eigenvalue weighted by molar-refractivity contribution is -0.169. The Kier molecular flexibility index (Phi) is 10.5. The van der Waals surface area contributed by atoms with Crippen molar-refractivity contribution in [3.05, 3.63) is 113 Å². The van der Waals surface area contributed by atoms with Gasteiger partial charge in [-0.05, 0) is 55.2 Å². The fourth-order valence-electron chi connectivity index (χ4n) is 4.99. The zero-order chi connectivity index (χ0) is 31.7. The molecule has 0 aliphatic carbocycles. The van der Waals surface area contributed by atoms with Crippen LogP contribution in [0.1, 0.15) is 28.1 Å². The Morgan fingerprint density at radius 2 is 1.41 bits per heavy atom. The number of aromatic nitrogens is 2. The average Bonchev–Trinajstić information content (AvgIpc) is 3.03. The summed E-state index contributed by atoms with van der Waals surface area (Å²) in [5, 5.41) is 10.6. The maximum Gasteiger partial charge on any atom is 0.348 e. The van der Waals surface area contributed by atoms with Crippen molar-refractivity contribution >= 4 is 11.9 Å². The van der Waals surface area contributed by atoms with E-state index in [0.29, 0.717) is 47.0 Å². The second-order valence-electron chi connectivity index (χ2n) is 10.3. The van der Waals surface area contributed by atoms with Crippen LogP contribution in [-0.4, -0.2) is 72.4 Å². The molecule has 0 aliphatic heterocycles. The third-order valence-corrected chi connectivity index (χ3v) is 7.22. The number of carbonyl (C=O) groups excluding carboxylic acids is 1. The first kappa shape index (κ1) is 32.0. The fourth-order valence-corrected chi connectivity index (χ4v) is 4.99. The van der Waals surface area contributed by atoms with E-state index in [4.69, 9.17) is 18.9 Å². The van der Waals surface area contributed by atoms with Gasteiger partial charge in [0, 0.05) is 25.0 Å². The number of methoxy groups -OCH3 is 2. The fraction of sp³-hybridized carbons (Fsp3) is 0.294. The standard InChI is InChI=1S/C34H37N3O7/c1-23-20-24(2)36-33(35-23)44-31(32(39)40)34(26-12-8-6-9-13-26,27-14-10-7-11-15-27)43-22-30(38)37(3)19-18-25-16-17-28(41-4)29(21-25)42-5/h6-17,20-21,31H,18-19,22H2,1-5H3,(H,39,40). The number of carbonyl (C=O) groups is 2. The summed E-state index contributed by atoms with van der Waals surface area (Å²) in [6, 6.07) is 25.0. The molecule has 3 aromatic carbocycles. The summed E-state index contributed by atoms with van der Waals surface area (Å²) in [6.07, 6.45) is -1.10. The summed E-state index contributed by atoms with van der Waals surface area (Å²) in [5.74, 6) is -0.429. The molecule has 4 aromatic rings. The van der Waals surface area contributed by atoms with Crippen molar-refractivity contribution in [1.82, 2.24) is 14.9 Å². The molecule has 1 aromatic heterocycles. The van der Waals surface area contributed by atoms with E-state index in [1.807, 2.05) is 30.3 Å². The van der Waals surface area contributed by atoms with E-state index in [2.05, 4.69) is 9.97 Å². The summed E-state index contributed by atoms with van der Waals surface area (Å²) in [4.78, 5) is 36.7. The number of hydrogen-bond acceptors (Lipinski definition) is 8. The van der Waals surface area contributed by atoms with Crippen LogP contribution in [0.25, 0.3) is 0 Å². The first-order valence-electron chi connectivity index (χ1n) is 14.1. The average molecular weight is 600 g/mol. The van der Waals surface area contributed by atoms with Crippen LogP contribution in [0.15, 0.2) is 84.9 Å². The number of carboxylic acid groups (broad SMARTS) is 1. The van der Waals surface area contributed by atoms with Gasteiger partial charge >= 0.3 is 12.0 Å². The second kappa shape index (κ2) is 14.5. The van der Waals surface area contributed by atoms with Crippen LogP contribution in [0.3, 0.4) is 0 Å². The number of aryl methyl sites for hydroxylation is 2. The molecule has 0 radical (unpaired) electrons. The van der Waals surface area contributed by atoms with Crippen molar-refractivity contribution in [3.63, 3.8) is 0 Å². The number of amides is 1. The Labute approximate surface area is 257 Å². The van der Waals surface area contributed by atoms with Crippen LogP contribution in [0.4, 0.5) is 0 Å². The van der Waals surface area contributed by atoms with E-state index in [-0.39, 0.29) is 11.9 Å². The molecule has 1 amide bonds. The molecular weight excluding hydrogens is 562 g/mol. The van der Waals surface area contributed by atoms with Crippen LogP contribution >= 0.6 is 0 Å². The molecule has 44 heavy (non-hydrogen) atoms. The van der Waals surface area contributed by atoms with Crippen molar-refractivity contribution in [3.8, 4) is 17.5 Å². The second-order valence-corrected chi connectivity index (χ2v) is 10.3. The van der Waals surface area contributed by atoms with Crippen LogP contribution in [0, 0.1) is 13.8 Å². The largest absolute Gasteiger partial charge is 0.493 e. The number of ether oxygens (including phenoxy) is 4. The minimum atomic E-state index is -1.74. The Morgan fingerprint density at radius 1 is 0.841 bits per heavy atom. The SMILES string of the molecule is COc1ccc(CCN(C)C(=O)COC(c2ccccc2)(c2ccccc2)C(Oc2nc(C)cc(C)n2)C(=O)O)cc1OC. The summed E-state index contributed by atoms with van der Waals surface area (Å²) in [5.41, 5.74) is 1.43. The molecule has 0 aliphatic rings. The molecule has 10 heteroatoms. The molecule has 1 unspecified atom stereocenters. The van der Waals surface area contributed by atoms with E-state index < -0.39 is 24.3 Å². The third-order valence-electron chi connectivity index (χ3n) is 7.22. The normalized spacial score (nSPS) is 11.8. The molecule has 0 saturated heterocycles. The van der Waals surface area contributed by atoms with E-state index in [1.54, 1.807) is 94.6 Å². The number of rotatable bonds is 14. The predicted molar refractivity (Wildman–Crippen MR) is 164 cm³/mol. The molecule has 4 rings (SSSR count). The van der Waals surface area contributed by atoms with Crippen molar-refractivity contribution in [1.29, 1.82) is 0 Å². The predicted octanol–water partition coefficient (Wildman–Crippen LogP) is 4.60. The van der Waals surface area contributed by atoms with Gasteiger partial charge in [-0.25, -0.2) is 14.8 Å². The molecule has 0 fully saturated rings. The topological polar surface area (TPSA) is 120 Å². The van der Waals surface area contributed by atoms with Gasteiger partial charge in [-0.2, -0.15) is 0 Å². The highest BCUT2D eigenvalue weighted by atomic mass is 16.6. The smallest absolute Gasteiger partial charge is 0.348 e. The van der Waals surface area contributed by atoms with Gasteiger partial charge in [-0.15, -0.1) is 0 Å². The van der Waals surface area contributed by atoms with Crippen molar-refractivity contribution in [2.75, 3.05) is 34.4 Å². The van der Waals surface area contributed by atoms with Crippen LogP contribution in [0.5, 0.6) is 17.5 Å². The Hall–Kier alpha value is -4.96. The quantitative estimate of drug-likeness (QED) is 0.222. The molecule has 0 bridgehead atoms. The minimum Gasteiger partial charge on any atom is -0.493 e. The summed E-state index contributed by atoms with van der Waals surface area (Å²) >= 11 is 0. The number of likely N-dealkylation sites (N-methyl/N-ethyl adjacent to an activating group) is 1. The van der Waals surface area contributed by atoms with E-state index in [0.717, 1.165) is 5.56 Å². The highest BCUT2D eigenvalue weighted by Crippen LogP contribution is 2.39. The number of carboxylic acids is 1. The molecule has 10 nitrogen and oxygen atoms in total. The molecule has 0 spiro atoms. The molecule has 1 heterocycles. The first-order valence-corrected chi connectivity index (χ1v) is 14.1. The monoisotopic (exact) mass is 599 g/mol. The Balaban J connectivity index is 1.66. The van der Waals surface area contributed by atoms with Crippen molar-refractivity contribution in [2.45, 2.75) is 32.0 Å². The Bertz CT molecular complexity index is 1500. The zero-order valence-electron chi connectivity index (χ0n) is 25.5. The van der Waals surface area contributed by atoms with Gasteiger partial charge < -0.3 is 29.0 Å². The maximum absolute atomic E-state index is 13.5. The lowest BCUT2D eigenvalue weighted by atomic mass is 9.81. The number of nitrogens with zero attached hydrogens (tertiary/aromatic N) is 3. The molecular formula is C34H37N3O7. The molecule has 0 saturated carbocycles. The lowest BCUT2D eigenvalue weighted by Gasteiger charge is -2.39. The van der Waals surface area contributed by atoms with Gasteiger partial charge in [0.05, 0.1) is 14.2 Å². The van der Waals surface area contributed by atoms with Gasteiger partial charge in [0.1, 0.15) is 6.61 Å².